The van der Waals surface area contributed by atoms with E-state index in [9.17, 15) is 9.59 Å². The zero-order chi connectivity index (χ0) is 12.8. The van der Waals surface area contributed by atoms with E-state index >= 15 is 0 Å². The summed E-state index contributed by atoms with van der Waals surface area (Å²) < 4.78 is 0. The third kappa shape index (κ3) is 3.72. The molecule has 88 valence electrons. The van der Waals surface area contributed by atoms with Crippen LogP contribution in [0.3, 0.4) is 0 Å². The molecule has 0 saturated heterocycles. The average Bonchev–Trinajstić information content (AvgIpc) is 2.25. The van der Waals surface area contributed by atoms with Gasteiger partial charge in [-0.15, -0.1) is 0 Å². The fraction of sp³-hybridized carbons (Fsp3) is 0.308. The van der Waals surface area contributed by atoms with E-state index in [4.69, 9.17) is 5.26 Å². The van der Waals surface area contributed by atoms with E-state index in [0.717, 1.165) is 5.56 Å². The molecule has 1 atom stereocenters. The van der Waals surface area contributed by atoms with Gasteiger partial charge in [-0.3, -0.25) is 9.59 Å². The van der Waals surface area contributed by atoms with Crippen LogP contribution in [0.5, 0.6) is 0 Å². The predicted octanol–water partition coefficient (Wildman–Crippen LogP) is 2.05. The maximum atomic E-state index is 11.8. The quantitative estimate of drug-likeness (QED) is 0.805. The number of nitriles is 1. The van der Waals surface area contributed by atoms with Crippen LogP contribution in [0, 0.1) is 24.2 Å². The lowest BCUT2D eigenvalue weighted by molar-refractivity contribution is -0.129. The molecule has 1 N–H and O–H groups in total. The first-order chi connectivity index (χ1) is 8.04. The summed E-state index contributed by atoms with van der Waals surface area (Å²) in [5, 5.41) is 11.2. The highest BCUT2D eigenvalue weighted by Crippen LogP contribution is 2.13. The van der Waals surface area contributed by atoms with Crippen molar-refractivity contribution in [3.63, 3.8) is 0 Å². The fourth-order valence-corrected chi connectivity index (χ4v) is 1.46. The van der Waals surface area contributed by atoms with Crippen LogP contribution in [0.25, 0.3) is 0 Å². The minimum Gasteiger partial charge on any atom is -0.325 e. The summed E-state index contributed by atoms with van der Waals surface area (Å²) >= 11 is 0. The van der Waals surface area contributed by atoms with Crippen molar-refractivity contribution in [3.05, 3.63) is 29.8 Å². The molecule has 0 heterocycles. The topological polar surface area (TPSA) is 70.0 Å². The Morgan fingerprint density at radius 1 is 1.47 bits per heavy atom. The summed E-state index contributed by atoms with van der Waals surface area (Å²) in [5.74, 6) is -1.61. The summed E-state index contributed by atoms with van der Waals surface area (Å²) in [6.07, 6.45) is -0.0903. The molecular weight excluding hydrogens is 216 g/mol. The summed E-state index contributed by atoms with van der Waals surface area (Å²) in [4.78, 5) is 23.0. The third-order valence-corrected chi connectivity index (χ3v) is 2.39. The van der Waals surface area contributed by atoms with Gasteiger partial charge >= 0.3 is 0 Å². The number of hydrogen-bond acceptors (Lipinski definition) is 3. The van der Waals surface area contributed by atoms with Crippen LogP contribution in [-0.4, -0.2) is 11.7 Å². The molecule has 0 bridgehead atoms. The van der Waals surface area contributed by atoms with E-state index < -0.39 is 11.8 Å². The molecule has 0 radical (unpaired) electrons. The smallest absolute Gasteiger partial charge is 0.235 e. The number of carbonyl (C=O) groups excluding carboxylic acids is 2. The molecule has 1 rings (SSSR count). The summed E-state index contributed by atoms with van der Waals surface area (Å²) in [7, 11) is 0. The molecular formula is C13H14N2O2. The van der Waals surface area contributed by atoms with Gasteiger partial charge in [0.1, 0.15) is 11.7 Å². The van der Waals surface area contributed by atoms with E-state index in [1.807, 2.05) is 31.2 Å². The third-order valence-electron chi connectivity index (χ3n) is 2.39. The van der Waals surface area contributed by atoms with E-state index in [0.29, 0.717) is 5.69 Å². The Morgan fingerprint density at radius 3 is 2.71 bits per heavy atom. The average molecular weight is 230 g/mol. The number of Topliss-reactive ketones (excluding diaryl/α,β-unsaturated/α-hetero) is 1. The number of ketones is 1. The van der Waals surface area contributed by atoms with Gasteiger partial charge in [0.15, 0.2) is 0 Å². The Morgan fingerprint density at radius 2 is 2.18 bits per heavy atom. The van der Waals surface area contributed by atoms with Crippen molar-refractivity contribution in [2.75, 3.05) is 5.32 Å². The van der Waals surface area contributed by atoms with Crippen LogP contribution in [0.4, 0.5) is 5.69 Å². The number of nitrogens with zero attached hydrogens (tertiary/aromatic N) is 1. The predicted molar refractivity (Wildman–Crippen MR) is 64.2 cm³/mol. The Hall–Kier alpha value is -2.15. The molecule has 1 aromatic rings. The van der Waals surface area contributed by atoms with Crippen LogP contribution in [0.15, 0.2) is 24.3 Å². The van der Waals surface area contributed by atoms with E-state index in [1.165, 1.54) is 6.92 Å². The second-order valence-corrected chi connectivity index (χ2v) is 3.88. The highest BCUT2D eigenvalue weighted by molar-refractivity contribution is 6.06. The fourth-order valence-electron chi connectivity index (χ4n) is 1.46. The van der Waals surface area contributed by atoms with Crippen molar-refractivity contribution in [1.29, 1.82) is 5.26 Å². The lowest BCUT2D eigenvalue weighted by atomic mass is 10.0. The van der Waals surface area contributed by atoms with Crippen molar-refractivity contribution in [3.8, 4) is 6.07 Å². The molecule has 0 aliphatic heterocycles. The minimum atomic E-state index is -0.888. The maximum absolute atomic E-state index is 11.8. The largest absolute Gasteiger partial charge is 0.325 e. The van der Waals surface area contributed by atoms with Crippen molar-refractivity contribution in [2.24, 2.45) is 5.92 Å². The number of nitrogens with one attached hydrogen (secondary N) is 1. The Kier molecular flexibility index (Phi) is 4.41. The van der Waals surface area contributed by atoms with Gasteiger partial charge < -0.3 is 5.32 Å². The molecule has 17 heavy (non-hydrogen) atoms. The van der Waals surface area contributed by atoms with E-state index in [-0.39, 0.29) is 12.2 Å². The summed E-state index contributed by atoms with van der Waals surface area (Å²) in [5.41, 5.74) is 1.65. The first kappa shape index (κ1) is 12.9. The molecule has 0 spiro atoms. The summed E-state index contributed by atoms with van der Waals surface area (Å²) in [6, 6.07) is 9.12. The van der Waals surface area contributed by atoms with Gasteiger partial charge in [0.05, 0.1) is 12.5 Å². The second kappa shape index (κ2) is 5.80. The van der Waals surface area contributed by atoms with Crippen LogP contribution in [0.1, 0.15) is 18.9 Å². The molecule has 1 amide bonds. The van der Waals surface area contributed by atoms with Crippen molar-refractivity contribution < 1.29 is 9.59 Å². The number of carbonyl (C=O) groups is 2. The Labute approximate surface area is 100 Å². The van der Waals surface area contributed by atoms with Crippen molar-refractivity contribution in [1.82, 2.24) is 0 Å². The Bertz CT molecular complexity index is 475. The highest BCUT2D eigenvalue weighted by atomic mass is 16.2. The Balaban J connectivity index is 2.77. The van der Waals surface area contributed by atoms with E-state index in [2.05, 4.69) is 5.32 Å². The van der Waals surface area contributed by atoms with Gasteiger partial charge in [0, 0.05) is 5.69 Å². The number of benzene rings is 1. The molecule has 4 nitrogen and oxygen atoms in total. The number of hydrogen-bond donors (Lipinski definition) is 1. The van der Waals surface area contributed by atoms with Gasteiger partial charge in [-0.1, -0.05) is 12.1 Å². The lowest BCUT2D eigenvalue weighted by Gasteiger charge is -2.11. The molecule has 0 aromatic heterocycles. The monoisotopic (exact) mass is 230 g/mol. The van der Waals surface area contributed by atoms with Gasteiger partial charge in [-0.05, 0) is 31.5 Å². The number of amides is 1. The number of aryl methyl sites for hydroxylation is 1. The van der Waals surface area contributed by atoms with Crippen LogP contribution in [-0.2, 0) is 9.59 Å². The molecule has 0 fully saturated rings. The molecule has 0 saturated carbocycles. The molecule has 0 aliphatic rings. The molecule has 4 heteroatoms. The van der Waals surface area contributed by atoms with Gasteiger partial charge in [-0.25, -0.2) is 0 Å². The minimum absolute atomic E-state index is 0.0903. The first-order valence-electron chi connectivity index (χ1n) is 5.29. The van der Waals surface area contributed by atoms with Crippen LogP contribution < -0.4 is 5.32 Å². The van der Waals surface area contributed by atoms with Crippen LogP contribution >= 0.6 is 0 Å². The van der Waals surface area contributed by atoms with Gasteiger partial charge in [-0.2, -0.15) is 5.26 Å². The lowest BCUT2D eigenvalue weighted by Crippen LogP contribution is -2.27. The van der Waals surface area contributed by atoms with Crippen LogP contribution in [0.2, 0.25) is 0 Å². The SMILES string of the molecule is CC(=O)C(CC#N)C(=O)Nc1cccc(C)c1. The van der Waals surface area contributed by atoms with E-state index in [1.54, 1.807) is 6.07 Å². The van der Waals surface area contributed by atoms with Gasteiger partial charge in [0.2, 0.25) is 5.91 Å². The number of anilines is 1. The standard InChI is InChI=1S/C13H14N2O2/c1-9-4-3-5-11(8-9)15-13(17)12(6-7-14)10(2)16/h3-5,8,12H,6H2,1-2H3,(H,15,17). The molecule has 0 aliphatic carbocycles. The second-order valence-electron chi connectivity index (χ2n) is 3.88. The van der Waals surface area contributed by atoms with Gasteiger partial charge in [0.25, 0.3) is 0 Å². The zero-order valence-corrected chi connectivity index (χ0v) is 9.86. The zero-order valence-electron chi connectivity index (χ0n) is 9.86. The molecule has 1 unspecified atom stereocenters. The normalized spacial score (nSPS) is 11.4. The molecule has 1 aromatic carbocycles. The van der Waals surface area contributed by atoms with Crippen molar-refractivity contribution >= 4 is 17.4 Å². The number of rotatable bonds is 4. The first-order valence-corrected chi connectivity index (χ1v) is 5.29. The summed E-state index contributed by atoms with van der Waals surface area (Å²) in [6.45, 7) is 3.23. The van der Waals surface area contributed by atoms with Crippen molar-refractivity contribution in [2.45, 2.75) is 20.3 Å². The maximum Gasteiger partial charge on any atom is 0.235 e. The highest BCUT2D eigenvalue weighted by Gasteiger charge is 2.22.